The number of rotatable bonds is 6. The first-order valence-electron chi connectivity index (χ1n) is 7.03. The Morgan fingerprint density at radius 3 is 2.65 bits per heavy atom. The molecule has 0 aromatic rings. The number of carbonyl (C=O) groups is 1. The zero-order valence-corrected chi connectivity index (χ0v) is 12.7. The van der Waals surface area contributed by atoms with E-state index in [-0.39, 0.29) is 23.9 Å². The molecule has 1 aliphatic heterocycles. The lowest BCUT2D eigenvalue weighted by molar-refractivity contribution is -0.153. The van der Waals surface area contributed by atoms with Crippen molar-refractivity contribution >= 4 is 5.97 Å². The summed E-state index contributed by atoms with van der Waals surface area (Å²) in [5.41, 5.74) is -0.496. The average Bonchev–Trinajstić information content (AvgIpc) is 2.79. The van der Waals surface area contributed by atoms with E-state index in [9.17, 15) is 9.90 Å². The summed E-state index contributed by atoms with van der Waals surface area (Å²) in [6, 6.07) is 0. The van der Waals surface area contributed by atoms with Crippen LogP contribution in [-0.4, -0.2) is 36.5 Å². The summed E-state index contributed by atoms with van der Waals surface area (Å²) in [6.45, 7) is 13.7. The summed E-state index contributed by atoms with van der Waals surface area (Å²) < 4.78 is 10.9. The van der Waals surface area contributed by atoms with Gasteiger partial charge in [-0.15, -0.1) is 13.2 Å². The van der Waals surface area contributed by atoms with Crippen molar-refractivity contribution in [2.45, 2.75) is 39.4 Å². The van der Waals surface area contributed by atoms with Crippen LogP contribution in [-0.2, 0) is 14.3 Å². The van der Waals surface area contributed by atoms with E-state index in [2.05, 4.69) is 13.2 Å². The Labute approximate surface area is 121 Å². The van der Waals surface area contributed by atoms with E-state index in [1.165, 1.54) is 6.08 Å². The smallest absolute Gasteiger partial charge is 0.311 e. The summed E-state index contributed by atoms with van der Waals surface area (Å²) in [5, 5.41) is 9.89. The summed E-state index contributed by atoms with van der Waals surface area (Å²) in [4.78, 5) is 11.7. The van der Waals surface area contributed by atoms with Crippen molar-refractivity contribution in [3.8, 4) is 0 Å². The van der Waals surface area contributed by atoms with Crippen molar-refractivity contribution in [3.63, 3.8) is 0 Å². The number of ether oxygens (including phenoxy) is 2. The van der Waals surface area contributed by atoms with Gasteiger partial charge >= 0.3 is 5.97 Å². The molecule has 1 aliphatic rings. The molecule has 0 saturated carbocycles. The standard InChI is InChI=1S/C16H26O4/c1-6-11-10-20-14(13(17)7-2)12(11)8-9-19-15(18)16(3,4)5/h6-7,11-14,17H,1-2,8-10H2,3-5H3/t11-,12-,13-,14+/m1/s1. The van der Waals surface area contributed by atoms with Crippen LogP contribution < -0.4 is 0 Å². The van der Waals surface area contributed by atoms with E-state index in [4.69, 9.17) is 9.47 Å². The molecule has 4 heteroatoms. The summed E-state index contributed by atoms with van der Waals surface area (Å²) in [7, 11) is 0. The summed E-state index contributed by atoms with van der Waals surface area (Å²) in [5.74, 6) is 0.0450. The molecule has 0 amide bonds. The molecule has 1 N–H and O–H groups in total. The first-order chi connectivity index (χ1) is 9.31. The summed E-state index contributed by atoms with van der Waals surface area (Å²) in [6.07, 6.45) is 2.96. The number of esters is 1. The molecule has 0 aromatic heterocycles. The molecule has 4 atom stereocenters. The van der Waals surface area contributed by atoms with E-state index in [0.29, 0.717) is 19.6 Å². The van der Waals surface area contributed by atoms with Gasteiger partial charge < -0.3 is 14.6 Å². The van der Waals surface area contributed by atoms with Crippen molar-refractivity contribution in [1.29, 1.82) is 0 Å². The second-order valence-electron chi connectivity index (χ2n) is 6.26. The van der Waals surface area contributed by atoms with Crippen LogP contribution in [0.25, 0.3) is 0 Å². The molecule has 0 radical (unpaired) electrons. The van der Waals surface area contributed by atoms with Crippen LogP contribution in [0.2, 0.25) is 0 Å². The number of hydrogen-bond donors (Lipinski definition) is 1. The van der Waals surface area contributed by atoms with E-state index in [1.54, 1.807) is 0 Å². The highest BCUT2D eigenvalue weighted by atomic mass is 16.5. The van der Waals surface area contributed by atoms with Crippen LogP contribution in [0, 0.1) is 17.3 Å². The molecule has 114 valence electrons. The molecular formula is C16H26O4. The van der Waals surface area contributed by atoms with Crippen LogP contribution in [0.5, 0.6) is 0 Å². The Balaban J connectivity index is 2.55. The number of aliphatic hydroxyl groups excluding tert-OH is 1. The van der Waals surface area contributed by atoms with Crippen LogP contribution in [0.15, 0.2) is 25.3 Å². The lowest BCUT2D eigenvalue weighted by Gasteiger charge is -2.24. The predicted molar refractivity (Wildman–Crippen MR) is 78.2 cm³/mol. The molecule has 0 bridgehead atoms. The van der Waals surface area contributed by atoms with Crippen LogP contribution in [0.3, 0.4) is 0 Å². The molecule has 0 aromatic carbocycles. The maximum Gasteiger partial charge on any atom is 0.311 e. The molecular weight excluding hydrogens is 256 g/mol. The third kappa shape index (κ3) is 4.18. The maximum atomic E-state index is 11.7. The molecule has 20 heavy (non-hydrogen) atoms. The fourth-order valence-corrected chi connectivity index (χ4v) is 2.32. The summed E-state index contributed by atoms with van der Waals surface area (Å²) >= 11 is 0. The molecule has 0 unspecified atom stereocenters. The largest absolute Gasteiger partial charge is 0.465 e. The van der Waals surface area contributed by atoms with Gasteiger partial charge in [-0.25, -0.2) is 0 Å². The van der Waals surface area contributed by atoms with Gasteiger partial charge in [-0.05, 0) is 33.1 Å². The Bertz CT molecular complexity index is 356. The second-order valence-corrected chi connectivity index (χ2v) is 6.26. The highest BCUT2D eigenvalue weighted by Crippen LogP contribution is 2.33. The Hall–Kier alpha value is -1.13. The second kappa shape index (κ2) is 7.04. The van der Waals surface area contributed by atoms with Gasteiger partial charge in [-0.1, -0.05) is 12.2 Å². The molecule has 1 heterocycles. The average molecular weight is 282 g/mol. The minimum atomic E-state index is -0.705. The van der Waals surface area contributed by atoms with Crippen molar-refractivity contribution < 1.29 is 19.4 Å². The molecule has 4 nitrogen and oxygen atoms in total. The van der Waals surface area contributed by atoms with Crippen molar-refractivity contribution in [2.24, 2.45) is 17.3 Å². The van der Waals surface area contributed by atoms with Crippen molar-refractivity contribution in [2.75, 3.05) is 13.2 Å². The molecule has 1 rings (SSSR count). The van der Waals surface area contributed by atoms with Gasteiger partial charge in [0.15, 0.2) is 0 Å². The van der Waals surface area contributed by atoms with Crippen LogP contribution >= 0.6 is 0 Å². The Morgan fingerprint density at radius 2 is 2.15 bits per heavy atom. The highest BCUT2D eigenvalue weighted by molar-refractivity contribution is 5.75. The monoisotopic (exact) mass is 282 g/mol. The predicted octanol–water partition coefficient (Wildman–Crippen LogP) is 2.33. The zero-order valence-electron chi connectivity index (χ0n) is 12.7. The lowest BCUT2D eigenvalue weighted by Crippen LogP contribution is -2.32. The third-order valence-electron chi connectivity index (χ3n) is 3.63. The number of aliphatic hydroxyl groups is 1. The van der Waals surface area contributed by atoms with Crippen LogP contribution in [0.4, 0.5) is 0 Å². The lowest BCUT2D eigenvalue weighted by atomic mass is 9.86. The van der Waals surface area contributed by atoms with Crippen molar-refractivity contribution in [1.82, 2.24) is 0 Å². The Morgan fingerprint density at radius 1 is 1.50 bits per heavy atom. The van der Waals surface area contributed by atoms with E-state index >= 15 is 0 Å². The third-order valence-corrected chi connectivity index (χ3v) is 3.63. The number of carbonyl (C=O) groups excluding carboxylic acids is 1. The van der Waals surface area contributed by atoms with Crippen LogP contribution in [0.1, 0.15) is 27.2 Å². The highest BCUT2D eigenvalue weighted by Gasteiger charge is 2.38. The van der Waals surface area contributed by atoms with Crippen molar-refractivity contribution in [3.05, 3.63) is 25.3 Å². The van der Waals surface area contributed by atoms with E-state index in [0.717, 1.165) is 0 Å². The topological polar surface area (TPSA) is 55.8 Å². The fourth-order valence-electron chi connectivity index (χ4n) is 2.32. The zero-order chi connectivity index (χ0) is 15.3. The van der Waals surface area contributed by atoms with Gasteiger partial charge in [-0.3, -0.25) is 4.79 Å². The molecule has 1 fully saturated rings. The van der Waals surface area contributed by atoms with Gasteiger partial charge in [0, 0.05) is 5.92 Å². The first-order valence-corrected chi connectivity index (χ1v) is 7.03. The molecule has 0 spiro atoms. The minimum absolute atomic E-state index is 0.0910. The molecule has 1 saturated heterocycles. The van der Waals surface area contributed by atoms with Gasteiger partial charge in [0.25, 0.3) is 0 Å². The minimum Gasteiger partial charge on any atom is -0.465 e. The van der Waals surface area contributed by atoms with Gasteiger partial charge in [0.2, 0.25) is 0 Å². The first kappa shape index (κ1) is 16.9. The van der Waals surface area contributed by atoms with Gasteiger partial charge in [0.1, 0.15) is 0 Å². The molecule has 0 aliphatic carbocycles. The van der Waals surface area contributed by atoms with Gasteiger partial charge in [0.05, 0.1) is 30.8 Å². The fraction of sp³-hybridized carbons (Fsp3) is 0.688. The normalized spacial score (nSPS) is 27.9. The quantitative estimate of drug-likeness (QED) is 0.600. The van der Waals surface area contributed by atoms with E-state index in [1.807, 2.05) is 26.8 Å². The van der Waals surface area contributed by atoms with Gasteiger partial charge in [-0.2, -0.15) is 0 Å². The number of hydrogen-bond acceptors (Lipinski definition) is 4. The maximum absolute atomic E-state index is 11.7. The Kier molecular flexibility index (Phi) is 5.96. The SMILES string of the molecule is C=C[C@@H](O)[C@H]1OC[C@@H](C=C)[C@H]1CCOC(=O)C(C)(C)C. The van der Waals surface area contributed by atoms with E-state index < -0.39 is 11.5 Å².